The van der Waals surface area contributed by atoms with Crippen LogP contribution in [-0.2, 0) is 31.0 Å². The van der Waals surface area contributed by atoms with E-state index in [-0.39, 0.29) is 17.9 Å². The van der Waals surface area contributed by atoms with Crippen LogP contribution < -0.4 is 15.4 Å². The summed E-state index contributed by atoms with van der Waals surface area (Å²) in [5.41, 5.74) is 3.53. The molecule has 2 aromatic rings. The maximum absolute atomic E-state index is 12.3. The summed E-state index contributed by atoms with van der Waals surface area (Å²) in [7, 11) is 0. The van der Waals surface area contributed by atoms with Crippen LogP contribution in [0.1, 0.15) is 45.2 Å². The Morgan fingerprint density at radius 2 is 1.81 bits per heavy atom. The molecule has 0 saturated heterocycles. The van der Waals surface area contributed by atoms with Crippen molar-refractivity contribution < 1.29 is 23.9 Å². The minimum Gasteiger partial charge on any atom is -0.482 e. The largest absolute Gasteiger partial charge is 0.482 e. The number of ether oxygens (including phenoxy) is 2. The van der Waals surface area contributed by atoms with Gasteiger partial charge in [0.2, 0.25) is 5.91 Å². The van der Waals surface area contributed by atoms with Gasteiger partial charge in [-0.15, -0.1) is 0 Å². The first-order valence-electron chi connectivity index (χ1n) is 10.3. The molecule has 0 aromatic heterocycles. The molecule has 1 aliphatic heterocycles. The maximum Gasteiger partial charge on any atom is 0.344 e. The fourth-order valence-electron chi connectivity index (χ4n) is 3.17. The van der Waals surface area contributed by atoms with Crippen molar-refractivity contribution in [2.24, 2.45) is 0 Å². The van der Waals surface area contributed by atoms with Crippen LogP contribution in [0.4, 0.5) is 11.4 Å². The van der Waals surface area contributed by atoms with Crippen molar-refractivity contribution in [2.75, 3.05) is 17.2 Å². The second kappa shape index (κ2) is 9.20. The number of hydrogen-bond acceptors (Lipinski definition) is 5. The lowest BCUT2D eigenvalue weighted by atomic mass is 9.87. The zero-order valence-electron chi connectivity index (χ0n) is 18.3. The van der Waals surface area contributed by atoms with Gasteiger partial charge < -0.3 is 20.1 Å². The van der Waals surface area contributed by atoms with Crippen LogP contribution in [-0.4, -0.2) is 30.5 Å². The van der Waals surface area contributed by atoms with Gasteiger partial charge in [-0.25, -0.2) is 4.79 Å². The van der Waals surface area contributed by atoms with Crippen molar-refractivity contribution in [1.29, 1.82) is 0 Å². The summed E-state index contributed by atoms with van der Waals surface area (Å²) in [6, 6.07) is 12.8. The molecule has 0 fully saturated rings. The minimum atomic E-state index is -0.961. The first-order valence-corrected chi connectivity index (χ1v) is 10.3. The predicted octanol–water partition coefficient (Wildman–Crippen LogP) is 3.82. The average molecular weight is 424 g/mol. The molecular weight excluding hydrogens is 396 g/mol. The highest BCUT2D eigenvalue weighted by atomic mass is 16.6. The lowest BCUT2D eigenvalue weighted by molar-refractivity contribution is -0.155. The molecule has 31 heavy (non-hydrogen) atoms. The number of benzene rings is 2. The molecule has 0 saturated carbocycles. The minimum absolute atomic E-state index is 0.0119. The van der Waals surface area contributed by atoms with Gasteiger partial charge in [-0.1, -0.05) is 32.9 Å². The second-order valence-electron chi connectivity index (χ2n) is 8.60. The monoisotopic (exact) mass is 424 g/mol. The summed E-state index contributed by atoms with van der Waals surface area (Å²) in [5.74, 6) is -0.566. The smallest absolute Gasteiger partial charge is 0.344 e. The number of rotatable bonds is 6. The lowest BCUT2D eigenvalue weighted by Crippen LogP contribution is -2.31. The normalized spacial score (nSPS) is 14.1. The molecule has 3 rings (SSSR count). The van der Waals surface area contributed by atoms with Crippen LogP contribution in [0.3, 0.4) is 0 Å². The van der Waals surface area contributed by atoms with Crippen molar-refractivity contribution in [3.8, 4) is 5.75 Å². The Labute approximate surface area is 182 Å². The highest BCUT2D eigenvalue weighted by Gasteiger charge is 2.20. The fraction of sp³-hybridized carbons (Fsp3) is 0.375. The molecule has 0 spiro atoms. The van der Waals surface area contributed by atoms with E-state index < -0.39 is 18.0 Å². The van der Waals surface area contributed by atoms with Crippen molar-refractivity contribution >= 4 is 29.2 Å². The van der Waals surface area contributed by atoms with Gasteiger partial charge in [-0.3, -0.25) is 9.59 Å². The SMILES string of the molecule is CC(OC(=O)COc1ccc2c(c1)CCC(=O)N2)C(=O)Nc1ccc(C(C)(C)C)cc1. The summed E-state index contributed by atoms with van der Waals surface area (Å²) in [6.07, 6.45) is 0.0815. The van der Waals surface area contributed by atoms with Crippen molar-refractivity contribution in [3.63, 3.8) is 0 Å². The molecule has 2 aromatic carbocycles. The number of fused-ring (bicyclic) bond motifs is 1. The van der Waals surface area contributed by atoms with Gasteiger partial charge in [0.15, 0.2) is 12.7 Å². The third-order valence-corrected chi connectivity index (χ3v) is 5.02. The highest BCUT2D eigenvalue weighted by molar-refractivity contribution is 5.95. The van der Waals surface area contributed by atoms with Crippen LogP contribution in [0.2, 0.25) is 0 Å². The van der Waals surface area contributed by atoms with Crippen LogP contribution in [0.15, 0.2) is 42.5 Å². The Hall–Kier alpha value is -3.35. The van der Waals surface area contributed by atoms with E-state index in [0.29, 0.717) is 24.3 Å². The van der Waals surface area contributed by atoms with E-state index in [4.69, 9.17) is 9.47 Å². The first-order chi connectivity index (χ1) is 14.6. The Bertz CT molecular complexity index is 976. The van der Waals surface area contributed by atoms with Crippen LogP contribution in [0.5, 0.6) is 5.75 Å². The number of anilines is 2. The second-order valence-corrected chi connectivity index (χ2v) is 8.60. The molecule has 1 atom stereocenters. The number of carbonyl (C=O) groups is 3. The standard InChI is InChI=1S/C24H28N2O5/c1-15(23(29)25-18-8-6-17(7-9-18)24(2,3)4)31-22(28)14-30-19-10-11-20-16(13-19)5-12-21(27)26-20/h6-11,13,15H,5,12,14H2,1-4H3,(H,25,29)(H,26,27). The number of amides is 2. The Morgan fingerprint density at radius 3 is 2.48 bits per heavy atom. The van der Waals surface area contributed by atoms with Gasteiger partial charge in [0.05, 0.1) is 0 Å². The van der Waals surface area contributed by atoms with Crippen LogP contribution in [0.25, 0.3) is 0 Å². The third-order valence-electron chi connectivity index (χ3n) is 5.02. The summed E-state index contributed by atoms with van der Waals surface area (Å²) in [5, 5.41) is 5.54. The summed E-state index contributed by atoms with van der Waals surface area (Å²) in [6.45, 7) is 7.55. The van der Waals surface area contributed by atoms with Crippen molar-refractivity contribution in [2.45, 2.75) is 52.1 Å². The van der Waals surface area contributed by atoms with Gasteiger partial charge in [0.25, 0.3) is 5.91 Å². The number of aryl methyl sites for hydroxylation is 1. The molecule has 1 unspecified atom stereocenters. The van der Waals surface area contributed by atoms with Gasteiger partial charge in [-0.05, 0) is 60.2 Å². The fourth-order valence-corrected chi connectivity index (χ4v) is 3.17. The van der Waals surface area contributed by atoms with E-state index in [0.717, 1.165) is 16.8 Å². The molecule has 7 nitrogen and oxygen atoms in total. The van der Waals surface area contributed by atoms with Crippen LogP contribution >= 0.6 is 0 Å². The number of hydrogen-bond donors (Lipinski definition) is 2. The van der Waals surface area contributed by atoms with E-state index in [1.165, 1.54) is 6.92 Å². The molecule has 0 bridgehead atoms. The summed E-state index contributed by atoms with van der Waals surface area (Å²) in [4.78, 5) is 35.8. The van der Waals surface area contributed by atoms with E-state index in [9.17, 15) is 14.4 Å². The molecule has 1 heterocycles. The molecule has 0 radical (unpaired) electrons. The number of esters is 1. The first kappa shape index (κ1) is 22.3. The molecule has 2 amide bonds. The van der Waals surface area contributed by atoms with Gasteiger partial charge in [0.1, 0.15) is 5.75 Å². The Morgan fingerprint density at radius 1 is 1.10 bits per heavy atom. The predicted molar refractivity (Wildman–Crippen MR) is 118 cm³/mol. The zero-order chi connectivity index (χ0) is 22.6. The Balaban J connectivity index is 1.47. The number of nitrogens with one attached hydrogen (secondary N) is 2. The molecule has 2 N–H and O–H groups in total. The molecule has 1 aliphatic rings. The van der Waals surface area contributed by atoms with Gasteiger partial charge >= 0.3 is 5.97 Å². The lowest BCUT2D eigenvalue weighted by Gasteiger charge is -2.19. The summed E-state index contributed by atoms with van der Waals surface area (Å²) >= 11 is 0. The van der Waals surface area contributed by atoms with E-state index in [1.807, 2.05) is 24.3 Å². The highest BCUT2D eigenvalue weighted by Crippen LogP contribution is 2.27. The van der Waals surface area contributed by atoms with Crippen molar-refractivity contribution in [3.05, 3.63) is 53.6 Å². The van der Waals surface area contributed by atoms with E-state index in [2.05, 4.69) is 31.4 Å². The van der Waals surface area contributed by atoms with E-state index >= 15 is 0 Å². The molecular formula is C24H28N2O5. The maximum atomic E-state index is 12.3. The average Bonchev–Trinajstić information content (AvgIpc) is 2.71. The molecule has 7 heteroatoms. The molecule has 164 valence electrons. The Kier molecular flexibility index (Phi) is 6.63. The summed E-state index contributed by atoms with van der Waals surface area (Å²) < 4.78 is 10.7. The van der Waals surface area contributed by atoms with Gasteiger partial charge in [-0.2, -0.15) is 0 Å². The number of carbonyl (C=O) groups excluding carboxylic acids is 3. The topological polar surface area (TPSA) is 93.7 Å². The van der Waals surface area contributed by atoms with Crippen LogP contribution in [0, 0.1) is 0 Å². The molecule has 0 aliphatic carbocycles. The zero-order valence-corrected chi connectivity index (χ0v) is 18.3. The van der Waals surface area contributed by atoms with E-state index in [1.54, 1.807) is 18.2 Å². The third kappa shape index (κ3) is 6.07. The van der Waals surface area contributed by atoms with Crippen molar-refractivity contribution in [1.82, 2.24) is 0 Å². The quantitative estimate of drug-likeness (QED) is 0.688. The van der Waals surface area contributed by atoms with Gasteiger partial charge in [0, 0.05) is 17.8 Å².